The first kappa shape index (κ1) is 11.7. The maximum Gasteiger partial charge on any atom is 0.307 e. The number of benzene rings is 1. The van der Waals surface area contributed by atoms with E-state index in [1.54, 1.807) is 6.92 Å². The fraction of sp³-hybridized carbons (Fsp3) is 0.100. The van der Waals surface area contributed by atoms with Crippen LogP contribution in [0.1, 0.15) is 5.82 Å². The Morgan fingerprint density at radius 3 is 2.84 bits per heavy atom. The Morgan fingerprint density at radius 1 is 1.42 bits per heavy atom. The van der Waals surface area contributed by atoms with E-state index in [9.17, 15) is 14.5 Å². The lowest BCUT2D eigenvalue weighted by Gasteiger charge is -2.04. The van der Waals surface area contributed by atoms with E-state index in [0.717, 1.165) is 12.1 Å². The molecule has 0 aliphatic heterocycles. The summed E-state index contributed by atoms with van der Waals surface area (Å²) in [7, 11) is 0. The fourth-order valence-corrected chi connectivity index (χ4v) is 2.10. The smallest absolute Gasteiger partial charge is 0.275 e. The average molecular weight is 282 g/mol. The van der Waals surface area contributed by atoms with Crippen LogP contribution in [0, 0.1) is 22.9 Å². The van der Waals surface area contributed by atoms with Crippen LogP contribution >= 0.6 is 11.6 Å². The van der Waals surface area contributed by atoms with Crippen LogP contribution < -0.4 is 0 Å². The molecule has 2 aromatic heterocycles. The molecule has 3 rings (SSSR count). The Hall–Kier alpha value is -2.35. The maximum atomic E-state index is 13.7. The Bertz CT molecular complexity index is 847. The molecule has 0 aliphatic rings. The van der Waals surface area contributed by atoms with Crippen molar-refractivity contribution in [1.82, 2.24) is 19.6 Å². The Kier molecular flexibility index (Phi) is 2.36. The van der Waals surface area contributed by atoms with Crippen molar-refractivity contribution in [3.05, 3.63) is 39.0 Å². The SMILES string of the molecule is Cc1nnc2c(Cl)nc3cc([N+](=O)[O-])c(F)cc3n12. The van der Waals surface area contributed by atoms with E-state index in [0.29, 0.717) is 11.3 Å². The molecule has 2 heterocycles. The number of hydrogen-bond donors (Lipinski definition) is 0. The van der Waals surface area contributed by atoms with E-state index >= 15 is 0 Å². The normalized spacial score (nSPS) is 11.3. The molecule has 0 radical (unpaired) electrons. The Labute approximate surface area is 109 Å². The van der Waals surface area contributed by atoms with Gasteiger partial charge in [-0.25, -0.2) is 4.98 Å². The summed E-state index contributed by atoms with van der Waals surface area (Å²) in [6, 6.07) is 2.07. The molecule has 7 nitrogen and oxygen atoms in total. The van der Waals surface area contributed by atoms with Crippen molar-refractivity contribution >= 4 is 34.0 Å². The number of nitrogens with zero attached hydrogens (tertiary/aromatic N) is 5. The zero-order valence-corrected chi connectivity index (χ0v) is 10.2. The first-order valence-electron chi connectivity index (χ1n) is 5.14. The van der Waals surface area contributed by atoms with Crippen LogP contribution in [0.15, 0.2) is 12.1 Å². The first-order valence-corrected chi connectivity index (χ1v) is 5.51. The van der Waals surface area contributed by atoms with Crippen LogP contribution in [0.3, 0.4) is 0 Å². The van der Waals surface area contributed by atoms with Crippen molar-refractivity contribution in [3.8, 4) is 0 Å². The van der Waals surface area contributed by atoms with Gasteiger partial charge in [0.25, 0.3) is 0 Å². The van der Waals surface area contributed by atoms with Crippen molar-refractivity contribution in [1.29, 1.82) is 0 Å². The van der Waals surface area contributed by atoms with Gasteiger partial charge in [-0.1, -0.05) is 11.6 Å². The van der Waals surface area contributed by atoms with Crippen LogP contribution in [0.5, 0.6) is 0 Å². The number of fused-ring (bicyclic) bond motifs is 3. The van der Waals surface area contributed by atoms with Crippen LogP contribution in [0.25, 0.3) is 16.7 Å². The van der Waals surface area contributed by atoms with Crippen molar-refractivity contribution in [3.63, 3.8) is 0 Å². The molecule has 0 aliphatic carbocycles. The molecule has 0 atom stereocenters. The van der Waals surface area contributed by atoms with Crippen LogP contribution in [0.2, 0.25) is 5.15 Å². The van der Waals surface area contributed by atoms with E-state index in [2.05, 4.69) is 15.2 Å². The standard InChI is InChI=1S/C10H5ClFN5O2/c1-4-14-15-10-9(11)13-6-3-7(17(18)19)5(12)2-8(6)16(4)10/h2-3H,1H3. The molecule has 0 bridgehead atoms. The molecular weight excluding hydrogens is 277 g/mol. The summed E-state index contributed by atoms with van der Waals surface area (Å²) in [5.74, 6) is -0.464. The van der Waals surface area contributed by atoms with Gasteiger partial charge in [0.2, 0.25) is 5.82 Å². The lowest BCUT2D eigenvalue weighted by molar-refractivity contribution is -0.387. The highest BCUT2D eigenvalue weighted by Gasteiger charge is 2.19. The third-order valence-corrected chi connectivity index (χ3v) is 2.96. The topological polar surface area (TPSA) is 86.2 Å². The quantitative estimate of drug-likeness (QED) is 0.504. The molecule has 0 amide bonds. The first-order chi connectivity index (χ1) is 8.99. The summed E-state index contributed by atoms with van der Waals surface area (Å²) in [5.41, 5.74) is 0.152. The van der Waals surface area contributed by atoms with E-state index in [4.69, 9.17) is 11.6 Å². The molecule has 0 saturated heterocycles. The summed E-state index contributed by atoms with van der Waals surface area (Å²) in [6.45, 7) is 1.66. The predicted molar refractivity (Wildman–Crippen MR) is 64.6 cm³/mol. The zero-order chi connectivity index (χ0) is 13.7. The Morgan fingerprint density at radius 2 is 2.16 bits per heavy atom. The van der Waals surface area contributed by atoms with Gasteiger partial charge < -0.3 is 0 Å². The summed E-state index contributed by atoms with van der Waals surface area (Å²) in [5, 5.41) is 18.4. The fourth-order valence-electron chi connectivity index (χ4n) is 1.89. The lowest BCUT2D eigenvalue weighted by Crippen LogP contribution is -1.99. The average Bonchev–Trinajstić information content (AvgIpc) is 2.73. The van der Waals surface area contributed by atoms with E-state index in [-0.39, 0.29) is 16.3 Å². The van der Waals surface area contributed by atoms with E-state index in [1.807, 2.05) is 0 Å². The van der Waals surface area contributed by atoms with Crippen LogP contribution in [-0.4, -0.2) is 24.5 Å². The second-order valence-electron chi connectivity index (χ2n) is 3.86. The van der Waals surface area contributed by atoms with Gasteiger partial charge in [0.05, 0.1) is 16.0 Å². The van der Waals surface area contributed by atoms with Gasteiger partial charge in [0, 0.05) is 12.1 Å². The molecular formula is C10H5ClFN5O2. The molecule has 0 unspecified atom stereocenters. The number of nitro benzene ring substituents is 1. The van der Waals surface area contributed by atoms with E-state index < -0.39 is 16.4 Å². The molecule has 0 saturated carbocycles. The van der Waals surface area contributed by atoms with Gasteiger partial charge in [-0.2, -0.15) is 4.39 Å². The number of halogens is 2. The summed E-state index contributed by atoms with van der Waals surface area (Å²) < 4.78 is 15.2. The minimum Gasteiger partial charge on any atom is -0.275 e. The van der Waals surface area contributed by atoms with Gasteiger partial charge in [-0.3, -0.25) is 14.5 Å². The van der Waals surface area contributed by atoms with Gasteiger partial charge in [-0.15, -0.1) is 10.2 Å². The number of nitro groups is 1. The molecule has 9 heteroatoms. The third-order valence-electron chi connectivity index (χ3n) is 2.71. The molecule has 3 aromatic rings. The Balaban J connectivity index is 2.53. The summed E-state index contributed by atoms with van der Waals surface area (Å²) in [6.07, 6.45) is 0. The molecule has 19 heavy (non-hydrogen) atoms. The maximum absolute atomic E-state index is 13.7. The minimum atomic E-state index is -0.948. The van der Waals surface area contributed by atoms with Crippen molar-refractivity contribution in [2.75, 3.05) is 0 Å². The highest BCUT2D eigenvalue weighted by molar-refractivity contribution is 6.32. The van der Waals surface area contributed by atoms with Crippen molar-refractivity contribution < 1.29 is 9.31 Å². The monoisotopic (exact) mass is 281 g/mol. The summed E-state index contributed by atoms with van der Waals surface area (Å²) in [4.78, 5) is 13.9. The largest absolute Gasteiger partial charge is 0.307 e. The second-order valence-corrected chi connectivity index (χ2v) is 4.22. The minimum absolute atomic E-state index is 0.0500. The number of aromatic nitrogens is 4. The lowest BCUT2D eigenvalue weighted by atomic mass is 10.2. The van der Waals surface area contributed by atoms with Gasteiger partial charge in [-0.05, 0) is 6.92 Å². The zero-order valence-electron chi connectivity index (χ0n) is 9.46. The van der Waals surface area contributed by atoms with Crippen LogP contribution in [0.4, 0.5) is 10.1 Å². The van der Waals surface area contributed by atoms with Crippen molar-refractivity contribution in [2.45, 2.75) is 6.92 Å². The summed E-state index contributed by atoms with van der Waals surface area (Å²) >= 11 is 5.92. The number of aryl methyl sites for hydroxylation is 1. The number of hydrogen-bond acceptors (Lipinski definition) is 5. The third kappa shape index (κ3) is 1.60. The van der Waals surface area contributed by atoms with Gasteiger partial charge in [0.15, 0.2) is 10.8 Å². The van der Waals surface area contributed by atoms with Gasteiger partial charge >= 0.3 is 5.69 Å². The highest BCUT2D eigenvalue weighted by atomic mass is 35.5. The highest BCUT2D eigenvalue weighted by Crippen LogP contribution is 2.27. The predicted octanol–water partition coefficient (Wildman–Crippen LogP) is 2.29. The molecule has 0 spiro atoms. The van der Waals surface area contributed by atoms with E-state index in [1.165, 1.54) is 4.40 Å². The van der Waals surface area contributed by atoms with Crippen molar-refractivity contribution in [2.24, 2.45) is 0 Å². The number of rotatable bonds is 1. The second kappa shape index (κ2) is 3.82. The van der Waals surface area contributed by atoms with Gasteiger partial charge in [0.1, 0.15) is 5.82 Å². The molecule has 0 fully saturated rings. The molecule has 1 aromatic carbocycles. The van der Waals surface area contributed by atoms with Crippen LogP contribution in [-0.2, 0) is 0 Å². The molecule has 96 valence electrons. The molecule has 0 N–H and O–H groups in total.